The zero-order valence-electron chi connectivity index (χ0n) is 12.0. The molecule has 1 aromatic rings. The molecular formula is C14H22N2O2S. The molecule has 0 saturated heterocycles. The summed E-state index contributed by atoms with van der Waals surface area (Å²) in [5.41, 5.74) is 6.79. The molecule has 1 rings (SSSR count). The lowest BCUT2D eigenvalue weighted by Gasteiger charge is -2.21. The summed E-state index contributed by atoms with van der Waals surface area (Å²) in [5, 5.41) is 0. The molecule has 0 heterocycles. The molecule has 0 spiro atoms. The number of rotatable bonds is 7. The van der Waals surface area contributed by atoms with Crippen molar-refractivity contribution in [2.75, 3.05) is 27.8 Å². The highest BCUT2D eigenvalue weighted by Gasteiger charge is 2.10. The fraction of sp³-hybridized carbons (Fsp3) is 0.500. The second kappa shape index (κ2) is 7.31. The Balaban J connectivity index is 2.69. The minimum Gasteiger partial charge on any atom is -0.493 e. The van der Waals surface area contributed by atoms with E-state index in [1.165, 1.54) is 0 Å². The van der Waals surface area contributed by atoms with Crippen LogP contribution in [0.25, 0.3) is 0 Å². The van der Waals surface area contributed by atoms with Crippen LogP contribution in [0.15, 0.2) is 18.2 Å². The van der Waals surface area contributed by atoms with E-state index in [-0.39, 0.29) is 5.92 Å². The Morgan fingerprint density at radius 1 is 1.32 bits per heavy atom. The van der Waals surface area contributed by atoms with Crippen LogP contribution >= 0.6 is 12.2 Å². The molecule has 1 unspecified atom stereocenters. The highest BCUT2D eigenvalue weighted by molar-refractivity contribution is 7.80. The first-order valence-corrected chi connectivity index (χ1v) is 6.57. The van der Waals surface area contributed by atoms with Crippen molar-refractivity contribution in [1.29, 1.82) is 0 Å². The number of methoxy groups -OCH3 is 2. The molecule has 2 N–H and O–H groups in total. The Hall–Kier alpha value is -1.33. The maximum absolute atomic E-state index is 5.63. The van der Waals surface area contributed by atoms with Gasteiger partial charge in [-0.15, -0.1) is 0 Å². The minimum atomic E-state index is 0.208. The van der Waals surface area contributed by atoms with Crippen LogP contribution in [-0.4, -0.2) is 37.7 Å². The van der Waals surface area contributed by atoms with Gasteiger partial charge >= 0.3 is 0 Å². The summed E-state index contributed by atoms with van der Waals surface area (Å²) in [7, 11) is 5.32. The van der Waals surface area contributed by atoms with Crippen molar-refractivity contribution in [2.24, 2.45) is 11.7 Å². The normalized spacial score (nSPS) is 12.3. The van der Waals surface area contributed by atoms with Gasteiger partial charge < -0.3 is 20.1 Å². The lowest BCUT2D eigenvalue weighted by Crippen LogP contribution is -2.31. The van der Waals surface area contributed by atoms with Crippen molar-refractivity contribution in [3.63, 3.8) is 0 Å². The van der Waals surface area contributed by atoms with E-state index in [4.69, 9.17) is 27.4 Å². The summed E-state index contributed by atoms with van der Waals surface area (Å²) in [4.78, 5) is 2.74. The Bertz CT molecular complexity index is 437. The molecule has 0 aromatic heterocycles. The Morgan fingerprint density at radius 3 is 2.47 bits per heavy atom. The van der Waals surface area contributed by atoms with E-state index in [9.17, 15) is 0 Å². The van der Waals surface area contributed by atoms with Gasteiger partial charge in [-0.3, -0.25) is 0 Å². The minimum absolute atomic E-state index is 0.208. The molecular weight excluding hydrogens is 260 g/mol. The van der Waals surface area contributed by atoms with E-state index in [1.54, 1.807) is 14.2 Å². The van der Waals surface area contributed by atoms with Crippen LogP contribution in [0.1, 0.15) is 12.5 Å². The van der Waals surface area contributed by atoms with Gasteiger partial charge in [0.05, 0.1) is 19.2 Å². The zero-order chi connectivity index (χ0) is 14.4. The first-order valence-electron chi connectivity index (χ1n) is 6.16. The van der Waals surface area contributed by atoms with Crippen LogP contribution in [0.5, 0.6) is 11.5 Å². The third-order valence-electron chi connectivity index (χ3n) is 2.97. The lowest BCUT2D eigenvalue weighted by atomic mass is 10.1. The Kier molecular flexibility index (Phi) is 6.05. The molecule has 1 atom stereocenters. The standard InChI is InChI=1S/C14H22N2O2S/c1-10(14(15)19)8-16(2)9-11-5-6-12(17-3)13(7-11)18-4/h5-7,10H,8-9H2,1-4H3,(H2,15,19). The number of hydrogen-bond donors (Lipinski definition) is 1. The predicted molar refractivity (Wildman–Crippen MR) is 81.8 cm³/mol. The average Bonchev–Trinajstić information content (AvgIpc) is 2.38. The summed E-state index contributed by atoms with van der Waals surface area (Å²) in [6.45, 7) is 3.68. The number of thiocarbonyl (C=S) groups is 1. The molecule has 106 valence electrons. The highest BCUT2D eigenvalue weighted by atomic mass is 32.1. The number of ether oxygens (including phenoxy) is 2. The largest absolute Gasteiger partial charge is 0.493 e. The van der Waals surface area contributed by atoms with Crippen molar-refractivity contribution >= 4 is 17.2 Å². The van der Waals surface area contributed by atoms with Gasteiger partial charge in [-0.2, -0.15) is 0 Å². The van der Waals surface area contributed by atoms with Gasteiger partial charge in [0, 0.05) is 19.0 Å². The fourth-order valence-corrected chi connectivity index (χ4v) is 1.99. The van der Waals surface area contributed by atoms with Crippen LogP contribution in [0.2, 0.25) is 0 Å². The van der Waals surface area contributed by atoms with E-state index in [1.807, 2.05) is 32.2 Å². The van der Waals surface area contributed by atoms with Crippen LogP contribution in [0, 0.1) is 5.92 Å². The van der Waals surface area contributed by atoms with Gasteiger partial charge in [-0.05, 0) is 24.7 Å². The summed E-state index contributed by atoms with van der Waals surface area (Å²) in [5.74, 6) is 1.70. The van der Waals surface area contributed by atoms with Crippen LogP contribution in [0.4, 0.5) is 0 Å². The molecule has 0 bridgehead atoms. The molecule has 0 amide bonds. The van der Waals surface area contributed by atoms with Crippen LogP contribution in [-0.2, 0) is 6.54 Å². The third kappa shape index (κ3) is 4.69. The topological polar surface area (TPSA) is 47.7 Å². The maximum Gasteiger partial charge on any atom is 0.161 e. The highest BCUT2D eigenvalue weighted by Crippen LogP contribution is 2.27. The van der Waals surface area contributed by atoms with Crippen LogP contribution in [0.3, 0.4) is 0 Å². The monoisotopic (exact) mass is 282 g/mol. The SMILES string of the molecule is COc1ccc(CN(C)CC(C)C(N)=S)cc1OC. The van der Waals surface area contributed by atoms with Crippen molar-refractivity contribution < 1.29 is 9.47 Å². The molecule has 5 heteroatoms. The molecule has 0 aliphatic rings. The van der Waals surface area contributed by atoms with Gasteiger partial charge in [0.2, 0.25) is 0 Å². The van der Waals surface area contributed by atoms with Gasteiger partial charge in [0.25, 0.3) is 0 Å². The number of nitrogens with two attached hydrogens (primary N) is 1. The number of benzene rings is 1. The van der Waals surface area contributed by atoms with Gasteiger partial charge in [-0.25, -0.2) is 0 Å². The maximum atomic E-state index is 5.63. The Labute approximate surface area is 120 Å². The number of hydrogen-bond acceptors (Lipinski definition) is 4. The molecule has 19 heavy (non-hydrogen) atoms. The van der Waals surface area contributed by atoms with Gasteiger partial charge in [-0.1, -0.05) is 25.2 Å². The quantitative estimate of drug-likeness (QED) is 0.776. The summed E-state index contributed by atoms with van der Waals surface area (Å²) >= 11 is 4.99. The van der Waals surface area contributed by atoms with Crippen LogP contribution < -0.4 is 15.2 Å². The van der Waals surface area contributed by atoms with Crippen molar-refractivity contribution in [3.8, 4) is 11.5 Å². The van der Waals surface area contributed by atoms with E-state index in [0.717, 1.165) is 30.2 Å². The smallest absolute Gasteiger partial charge is 0.161 e. The van der Waals surface area contributed by atoms with Gasteiger partial charge in [0.1, 0.15) is 0 Å². The van der Waals surface area contributed by atoms with Crippen molar-refractivity contribution in [2.45, 2.75) is 13.5 Å². The predicted octanol–water partition coefficient (Wildman–Crippen LogP) is 2.06. The molecule has 0 radical (unpaired) electrons. The van der Waals surface area contributed by atoms with Gasteiger partial charge in [0.15, 0.2) is 11.5 Å². The molecule has 0 fully saturated rings. The van der Waals surface area contributed by atoms with E-state index in [0.29, 0.717) is 4.99 Å². The summed E-state index contributed by atoms with van der Waals surface area (Å²) in [6, 6.07) is 5.93. The second-order valence-corrected chi connectivity index (χ2v) is 5.16. The molecule has 0 saturated carbocycles. The van der Waals surface area contributed by atoms with E-state index >= 15 is 0 Å². The Morgan fingerprint density at radius 2 is 1.95 bits per heavy atom. The third-order valence-corrected chi connectivity index (χ3v) is 3.37. The first-order chi connectivity index (χ1) is 8.97. The van der Waals surface area contributed by atoms with E-state index in [2.05, 4.69) is 4.90 Å². The van der Waals surface area contributed by atoms with E-state index < -0.39 is 0 Å². The van der Waals surface area contributed by atoms with Crippen molar-refractivity contribution in [1.82, 2.24) is 4.90 Å². The summed E-state index contributed by atoms with van der Waals surface area (Å²) in [6.07, 6.45) is 0. The van der Waals surface area contributed by atoms with Crippen molar-refractivity contribution in [3.05, 3.63) is 23.8 Å². The fourth-order valence-electron chi connectivity index (χ4n) is 1.91. The first kappa shape index (κ1) is 15.7. The number of nitrogens with zero attached hydrogens (tertiary/aromatic N) is 1. The summed E-state index contributed by atoms with van der Waals surface area (Å²) < 4.78 is 10.5. The lowest BCUT2D eigenvalue weighted by molar-refractivity contribution is 0.306. The molecule has 0 aliphatic heterocycles. The molecule has 1 aromatic carbocycles. The molecule has 4 nitrogen and oxygen atoms in total. The average molecular weight is 282 g/mol. The second-order valence-electron chi connectivity index (χ2n) is 4.69. The zero-order valence-corrected chi connectivity index (χ0v) is 12.8. The molecule has 0 aliphatic carbocycles.